The molecule has 1 aliphatic rings. The maximum Gasteiger partial charge on any atom is 0.253 e. The molecule has 3 rings (SSSR count). The summed E-state index contributed by atoms with van der Waals surface area (Å²) >= 11 is 0. The molecular formula is C23H29F2IN4O. The Hall–Kier alpha value is -2.23. The van der Waals surface area contributed by atoms with Crippen molar-refractivity contribution in [3.8, 4) is 0 Å². The van der Waals surface area contributed by atoms with Crippen molar-refractivity contribution < 1.29 is 13.6 Å². The Morgan fingerprint density at radius 2 is 1.74 bits per heavy atom. The maximum atomic E-state index is 13.8. The summed E-state index contributed by atoms with van der Waals surface area (Å²) in [5.74, 6) is -0.352. The number of hydrogen-bond acceptors (Lipinski definition) is 2. The van der Waals surface area contributed by atoms with E-state index in [1.807, 2.05) is 36.1 Å². The molecule has 1 heterocycles. The summed E-state index contributed by atoms with van der Waals surface area (Å²) in [5.41, 5.74) is 1.89. The second-order valence-corrected chi connectivity index (χ2v) is 7.33. The quantitative estimate of drug-likeness (QED) is 0.322. The Labute approximate surface area is 199 Å². The van der Waals surface area contributed by atoms with E-state index in [0.29, 0.717) is 24.6 Å². The summed E-state index contributed by atoms with van der Waals surface area (Å²) in [6, 6.07) is 10.9. The number of halogens is 3. The average Bonchev–Trinajstić information content (AvgIpc) is 2.78. The fraction of sp³-hybridized carbons (Fsp3) is 0.391. The summed E-state index contributed by atoms with van der Waals surface area (Å²) < 4.78 is 27.1. The molecule has 1 aliphatic heterocycles. The third kappa shape index (κ3) is 7.45. The summed E-state index contributed by atoms with van der Waals surface area (Å²) in [6.45, 7) is 4.75. The number of carbonyl (C=O) groups excluding carboxylic acids is 1. The normalized spacial score (nSPS) is 14.0. The van der Waals surface area contributed by atoms with Crippen molar-refractivity contribution in [2.24, 2.45) is 4.99 Å². The Bertz CT molecular complexity index is 884. The zero-order chi connectivity index (χ0) is 21.3. The lowest BCUT2D eigenvalue weighted by molar-refractivity contribution is 0.0724. The van der Waals surface area contributed by atoms with E-state index in [1.165, 1.54) is 12.5 Å². The topological polar surface area (TPSA) is 56.7 Å². The predicted molar refractivity (Wildman–Crippen MR) is 130 cm³/mol. The standard InChI is InChI=1S/C23H28F2N4O.HI/c1-2-26-23(28-16-19-14-20(24)10-11-21(19)25)27-15-17-6-8-18(9-7-17)22(30)29-12-4-3-5-13-29;/h6-11,14H,2-5,12-13,15-16H2,1H3,(H2,26,27,28);1H. The second-order valence-electron chi connectivity index (χ2n) is 7.33. The fourth-order valence-electron chi connectivity index (χ4n) is 3.40. The van der Waals surface area contributed by atoms with E-state index in [1.54, 1.807) is 0 Å². The van der Waals surface area contributed by atoms with E-state index >= 15 is 0 Å². The minimum Gasteiger partial charge on any atom is -0.357 e. The largest absolute Gasteiger partial charge is 0.357 e. The van der Waals surface area contributed by atoms with Crippen molar-refractivity contribution in [2.45, 2.75) is 39.3 Å². The van der Waals surface area contributed by atoms with Gasteiger partial charge < -0.3 is 15.5 Å². The van der Waals surface area contributed by atoms with Crippen LogP contribution in [0.5, 0.6) is 0 Å². The lowest BCUT2D eigenvalue weighted by atomic mass is 10.1. The lowest BCUT2D eigenvalue weighted by Gasteiger charge is -2.26. The number of carbonyl (C=O) groups is 1. The van der Waals surface area contributed by atoms with E-state index in [9.17, 15) is 13.6 Å². The average molecular weight is 542 g/mol. The van der Waals surface area contributed by atoms with E-state index in [4.69, 9.17) is 0 Å². The molecule has 0 aliphatic carbocycles. The monoisotopic (exact) mass is 542 g/mol. The molecule has 0 atom stereocenters. The number of hydrogen-bond donors (Lipinski definition) is 2. The van der Waals surface area contributed by atoms with Gasteiger partial charge in [-0.05, 0) is 62.1 Å². The van der Waals surface area contributed by atoms with E-state index < -0.39 is 11.6 Å². The van der Waals surface area contributed by atoms with Crippen LogP contribution in [0.3, 0.4) is 0 Å². The van der Waals surface area contributed by atoms with Crippen LogP contribution in [0.4, 0.5) is 8.78 Å². The first kappa shape index (κ1) is 25.0. The maximum absolute atomic E-state index is 13.8. The Morgan fingerprint density at radius 1 is 1.03 bits per heavy atom. The van der Waals surface area contributed by atoms with Gasteiger partial charge in [-0.2, -0.15) is 0 Å². The third-order valence-electron chi connectivity index (χ3n) is 5.06. The van der Waals surface area contributed by atoms with Crippen molar-refractivity contribution in [3.63, 3.8) is 0 Å². The second kappa shape index (κ2) is 12.6. The van der Waals surface area contributed by atoms with Gasteiger partial charge in [-0.1, -0.05) is 12.1 Å². The summed E-state index contributed by atoms with van der Waals surface area (Å²) in [5, 5.41) is 6.11. The number of amides is 1. The zero-order valence-corrected chi connectivity index (χ0v) is 20.0. The first-order valence-corrected chi connectivity index (χ1v) is 10.4. The molecule has 1 amide bonds. The number of nitrogens with zero attached hydrogens (tertiary/aromatic N) is 2. The number of likely N-dealkylation sites (tertiary alicyclic amines) is 1. The number of benzene rings is 2. The molecule has 0 aromatic heterocycles. The Balaban J connectivity index is 0.00000341. The van der Waals surface area contributed by atoms with Gasteiger partial charge in [-0.25, -0.2) is 13.8 Å². The van der Waals surface area contributed by atoms with Crippen LogP contribution < -0.4 is 10.6 Å². The van der Waals surface area contributed by atoms with Crippen LogP contribution in [0.25, 0.3) is 0 Å². The molecule has 168 valence electrons. The number of aliphatic imine (C=N–C) groups is 1. The molecule has 0 radical (unpaired) electrons. The van der Waals surface area contributed by atoms with E-state index in [-0.39, 0.29) is 42.0 Å². The molecule has 2 N–H and O–H groups in total. The van der Waals surface area contributed by atoms with Crippen LogP contribution in [0, 0.1) is 11.6 Å². The number of rotatable bonds is 6. The Kier molecular flexibility index (Phi) is 10.2. The summed E-state index contributed by atoms with van der Waals surface area (Å²) in [7, 11) is 0. The third-order valence-corrected chi connectivity index (χ3v) is 5.06. The molecule has 0 saturated carbocycles. The van der Waals surface area contributed by atoms with Crippen molar-refractivity contribution in [3.05, 3.63) is 70.8 Å². The molecule has 2 aromatic rings. The van der Waals surface area contributed by atoms with Crippen LogP contribution in [0.2, 0.25) is 0 Å². The van der Waals surface area contributed by atoms with Gasteiger partial charge in [-0.3, -0.25) is 4.79 Å². The number of piperidine rings is 1. The first-order chi connectivity index (χ1) is 14.6. The van der Waals surface area contributed by atoms with Crippen molar-refractivity contribution in [1.82, 2.24) is 15.5 Å². The van der Waals surface area contributed by atoms with Gasteiger partial charge in [-0.15, -0.1) is 24.0 Å². The van der Waals surface area contributed by atoms with Gasteiger partial charge in [0.05, 0.1) is 6.54 Å². The van der Waals surface area contributed by atoms with Crippen LogP contribution in [0.1, 0.15) is 47.7 Å². The van der Waals surface area contributed by atoms with Gasteiger partial charge in [0.15, 0.2) is 5.96 Å². The van der Waals surface area contributed by atoms with Gasteiger partial charge in [0.1, 0.15) is 11.6 Å². The predicted octanol–water partition coefficient (Wildman–Crippen LogP) is 4.46. The minimum atomic E-state index is -0.477. The molecule has 2 aromatic carbocycles. The molecule has 0 spiro atoms. The zero-order valence-electron chi connectivity index (χ0n) is 17.7. The number of nitrogens with one attached hydrogen (secondary N) is 2. The van der Waals surface area contributed by atoms with Crippen LogP contribution in [-0.4, -0.2) is 36.4 Å². The van der Waals surface area contributed by atoms with Gasteiger partial charge in [0.2, 0.25) is 0 Å². The van der Waals surface area contributed by atoms with E-state index in [2.05, 4.69) is 15.6 Å². The molecule has 31 heavy (non-hydrogen) atoms. The highest BCUT2D eigenvalue weighted by Gasteiger charge is 2.17. The molecule has 1 fully saturated rings. The van der Waals surface area contributed by atoms with Crippen LogP contribution in [0.15, 0.2) is 47.5 Å². The van der Waals surface area contributed by atoms with Gasteiger partial charge in [0.25, 0.3) is 5.91 Å². The van der Waals surface area contributed by atoms with Crippen molar-refractivity contribution in [2.75, 3.05) is 19.6 Å². The molecule has 0 bridgehead atoms. The van der Waals surface area contributed by atoms with Crippen LogP contribution >= 0.6 is 24.0 Å². The van der Waals surface area contributed by atoms with E-state index in [0.717, 1.165) is 43.6 Å². The molecule has 0 unspecified atom stereocenters. The van der Waals surface area contributed by atoms with Crippen LogP contribution in [-0.2, 0) is 13.1 Å². The highest BCUT2D eigenvalue weighted by molar-refractivity contribution is 14.0. The minimum absolute atomic E-state index is 0. The SMILES string of the molecule is CCNC(=NCc1ccc(C(=O)N2CCCCC2)cc1)NCc1cc(F)ccc1F.I. The number of guanidine groups is 1. The van der Waals surface area contributed by atoms with Crippen molar-refractivity contribution >= 4 is 35.8 Å². The highest BCUT2D eigenvalue weighted by Crippen LogP contribution is 2.14. The lowest BCUT2D eigenvalue weighted by Crippen LogP contribution is -2.37. The molecule has 5 nitrogen and oxygen atoms in total. The molecule has 1 saturated heterocycles. The fourth-order valence-corrected chi connectivity index (χ4v) is 3.40. The van der Waals surface area contributed by atoms with Gasteiger partial charge in [0, 0.05) is 37.3 Å². The summed E-state index contributed by atoms with van der Waals surface area (Å²) in [4.78, 5) is 19.0. The molecular weight excluding hydrogens is 513 g/mol. The first-order valence-electron chi connectivity index (χ1n) is 10.4. The van der Waals surface area contributed by atoms with Gasteiger partial charge >= 0.3 is 0 Å². The Morgan fingerprint density at radius 3 is 2.42 bits per heavy atom. The van der Waals surface area contributed by atoms with Crippen molar-refractivity contribution in [1.29, 1.82) is 0 Å². The highest BCUT2D eigenvalue weighted by atomic mass is 127. The summed E-state index contributed by atoms with van der Waals surface area (Å²) in [6.07, 6.45) is 3.32. The smallest absolute Gasteiger partial charge is 0.253 e. The molecule has 8 heteroatoms.